The maximum Gasteiger partial charge on any atom is 0.303 e. The van der Waals surface area contributed by atoms with Gasteiger partial charge in [0.1, 0.15) is 23.9 Å². The van der Waals surface area contributed by atoms with Crippen molar-refractivity contribution in [2.75, 3.05) is 6.61 Å². The van der Waals surface area contributed by atoms with Crippen LogP contribution in [-0.2, 0) is 72.1 Å². The van der Waals surface area contributed by atoms with E-state index in [0.717, 1.165) is 30.5 Å². The van der Waals surface area contributed by atoms with Gasteiger partial charge >= 0.3 is 23.9 Å². The molecule has 0 bridgehead atoms. The predicted octanol–water partition coefficient (Wildman–Crippen LogP) is 4.23. The first-order valence-corrected chi connectivity index (χ1v) is 18.5. The van der Waals surface area contributed by atoms with Crippen molar-refractivity contribution in [1.29, 1.82) is 5.26 Å². The molecule has 3 aliphatic heterocycles. The second kappa shape index (κ2) is 17.5. The molecule has 15 heteroatoms. The highest BCUT2D eigenvalue weighted by Gasteiger charge is 2.60. The Morgan fingerprint density at radius 2 is 1.11 bits per heavy atom. The van der Waals surface area contributed by atoms with Crippen LogP contribution < -0.4 is 0 Å². The highest BCUT2D eigenvalue weighted by molar-refractivity contribution is 5.68. The van der Waals surface area contributed by atoms with Crippen molar-refractivity contribution in [2.45, 2.75) is 114 Å². The molecule has 57 heavy (non-hydrogen) atoms. The first-order chi connectivity index (χ1) is 27.2. The number of hydrogen-bond acceptors (Lipinski definition) is 15. The van der Waals surface area contributed by atoms with Gasteiger partial charge in [-0.1, -0.05) is 91.0 Å². The molecule has 1 unspecified atom stereocenters. The number of hydrogen-bond donors (Lipinski definition) is 0. The highest BCUT2D eigenvalue weighted by atomic mass is 16.8. The van der Waals surface area contributed by atoms with Gasteiger partial charge in [-0.15, -0.1) is 0 Å². The van der Waals surface area contributed by atoms with Crippen LogP contribution >= 0.6 is 0 Å². The lowest BCUT2D eigenvalue weighted by atomic mass is 9.80. The molecule has 3 aromatic carbocycles. The zero-order valence-corrected chi connectivity index (χ0v) is 32.3. The minimum atomic E-state index is -1.73. The highest BCUT2D eigenvalue weighted by Crippen LogP contribution is 2.43. The molecule has 3 aliphatic rings. The normalized spacial score (nSPS) is 30.9. The van der Waals surface area contributed by atoms with E-state index in [2.05, 4.69) is 0 Å². The number of esters is 4. The molecule has 3 heterocycles. The van der Waals surface area contributed by atoms with Crippen LogP contribution in [0.15, 0.2) is 91.0 Å². The third-order valence-electron chi connectivity index (χ3n) is 9.73. The van der Waals surface area contributed by atoms with E-state index in [1.54, 1.807) is 6.92 Å². The molecule has 0 N–H and O–H groups in total. The number of carbonyl (C=O) groups is 4. The smallest absolute Gasteiger partial charge is 0.303 e. The monoisotopic (exact) mass is 787 g/mol. The van der Waals surface area contributed by atoms with Crippen LogP contribution in [0.4, 0.5) is 0 Å². The van der Waals surface area contributed by atoms with Gasteiger partial charge in [0, 0.05) is 34.6 Å². The molecule has 3 saturated heterocycles. The van der Waals surface area contributed by atoms with Gasteiger partial charge in [0.05, 0.1) is 12.7 Å². The van der Waals surface area contributed by atoms with E-state index in [9.17, 15) is 24.4 Å². The lowest BCUT2D eigenvalue weighted by Crippen LogP contribution is -2.66. The topological polar surface area (TPSA) is 184 Å². The van der Waals surface area contributed by atoms with Crippen LogP contribution in [0.1, 0.15) is 58.2 Å². The molecule has 0 amide bonds. The van der Waals surface area contributed by atoms with Gasteiger partial charge in [-0.2, -0.15) is 5.26 Å². The third kappa shape index (κ3) is 9.02. The molecule has 3 aromatic rings. The summed E-state index contributed by atoms with van der Waals surface area (Å²) in [4.78, 5) is 50.6. The van der Waals surface area contributed by atoms with Crippen LogP contribution in [0.25, 0.3) is 0 Å². The molecule has 0 saturated carbocycles. The summed E-state index contributed by atoms with van der Waals surface area (Å²) in [6.07, 6.45) is -12.9. The summed E-state index contributed by atoms with van der Waals surface area (Å²) in [5, 5.41) is 9.74. The average molecular weight is 788 g/mol. The van der Waals surface area contributed by atoms with E-state index in [1.807, 2.05) is 97.1 Å². The minimum Gasteiger partial charge on any atom is -0.457 e. The molecule has 0 radical (unpaired) electrons. The van der Waals surface area contributed by atoms with Crippen molar-refractivity contribution in [3.05, 3.63) is 108 Å². The van der Waals surface area contributed by atoms with Crippen LogP contribution in [0.3, 0.4) is 0 Å². The van der Waals surface area contributed by atoms with E-state index in [-0.39, 0.29) is 6.61 Å². The summed E-state index contributed by atoms with van der Waals surface area (Å²) in [7, 11) is 0. The maximum atomic E-state index is 12.7. The quantitative estimate of drug-likeness (QED) is 0.144. The average Bonchev–Trinajstić information content (AvgIpc) is 3.52. The molecule has 6 rings (SSSR count). The van der Waals surface area contributed by atoms with E-state index < -0.39 is 96.7 Å². The second-order valence-corrected chi connectivity index (χ2v) is 14.0. The fourth-order valence-electron chi connectivity index (χ4n) is 7.50. The predicted molar refractivity (Wildman–Crippen MR) is 195 cm³/mol. The van der Waals surface area contributed by atoms with E-state index in [0.29, 0.717) is 0 Å². The van der Waals surface area contributed by atoms with Crippen LogP contribution in [0, 0.1) is 11.3 Å². The van der Waals surface area contributed by atoms with Crippen molar-refractivity contribution in [1.82, 2.24) is 0 Å². The number of fused-ring (bicyclic) bond motifs is 1. The summed E-state index contributed by atoms with van der Waals surface area (Å²) in [6, 6.07) is 30.5. The second-order valence-electron chi connectivity index (χ2n) is 14.0. The fraction of sp³-hybridized carbons (Fsp3) is 0.452. The summed E-state index contributed by atoms with van der Waals surface area (Å²) >= 11 is 0. The van der Waals surface area contributed by atoms with Gasteiger partial charge in [0.2, 0.25) is 0 Å². The molecular weight excluding hydrogens is 742 g/mol. The number of rotatable bonds is 12. The molecule has 11 atom stereocenters. The van der Waals surface area contributed by atoms with Gasteiger partial charge in [-0.3, -0.25) is 19.2 Å². The zero-order valence-electron chi connectivity index (χ0n) is 32.3. The Morgan fingerprint density at radius 1 is 0.649 bits per heavy atom. The Morgan fingerprint density at radius 3 is 1.58 bits per heavy atom. The first kappa shape index (κ1) is 41.4. The standard InChI is InChI=1S/C42H45NO14/c1-24-33(35(51-26(3)45)38-40(49-24)57-41(6,23-43)56-38)55-39-37(53-28(5)47)36(52-27(4)46)34(50-25(2)44)32(54-39)22-48-42(29-16-10-7-11-17-29,30-18-12-8-13-19-30)31-20-14-9-15-21-31/h7-21,24,32-40H,22H2,1-6H3/t24-,32+,33-,34+,35+,36-,37+,38+,39-,40+,41?/m0/s1. The number of nitriles is 1. The molecule has 0 aliphatic carbocycles. The van der Waals surface area contributed by atoms with Crippen molar-refractivity contribution in [2.24, 2.45) is 0 Å². The Labute approximate surface area is 329 Å². The zero-order chi connectivity index (χ0) is 40.9. The Kier molecular flexibility index (Phi) is 12.7. The number of benzene rings is 3. The lowest BCUT2D eigenvalue weighted by Gasteiger charge is -2.48. The van der Waals surface area contributed by atoms with Gasteiger partial charge < -0.3 is 47.4 Å². The van der Waals surface area contributed by atoms with E-state index >= 15 is 0 Å². The lowest BCUT2D eigenvalue weighted by molar-refractivity contribution is -0.347. The van der Waals surface area contributed by atoms with Crippen molar-refractivity contribution in [3.8, 4) is 6.07 Å². The van der Waals surface area contributed by atoms with Crippen LogP contribution in [0.5, 0.6) is 0 Å². The molecule has 0 spiro atoms. The summed E-state index contributed by atoms with van der Waals surface area (Å²) in [5.74, 6) is -4.77. The number of carbonyl (C=O) groups excluding carboxylic acids is 4. The maximum absolute atomic E-state index is 12.7. The fourth-order valence-corrected chi connectivity index (χ4v) is 7.50. The van der Waals surface area contributed by atoms with Crippen LogP contribution in [-0.4, -0.2) is 97.7 Å². The van der Waals surface area contributed by atoms with E-state index in [1.165, 1.54) is 20.8 Å². The van der Waals surface area contributed by atoms with E-state index in [4.69, 9.17) is 47.4 Å². The third-order valence-corrected chi connectivity index (χ3v) is 9.73. The van der Waals surface area contributed by atoms with Crippen LogP contribution in [0.2, 0.25) is 0 Å². The summed E-state index contributed by atoms with van der Waals surface area (Å²) < 4.78 is 60.9. The molecular formula is C42H45NO14. The largest absolute Gasteiger partial charge is 0.457 e. The first-order valence-electron chi connectivity index (χ1n) is 18.5. The Bertz CT molecular complexity index is 1830. The molecule has 302 valence electrons. The minimum absolute atomic E-state index is 0.312. The Hall–Kier alpha value is -5.21. The summed E-state index contributed by atoms with van der Waals surface area (Å²) in [6.45, 7) is 7.35. The molecule has 15 nitrogen and oxygen atoms in total. The number of nitrogens with zero attached hydrogens (tertiary/aromatic N) is 1. The van der Waals surface area contributed by atoms with Crippen molar-refractivity contribution < 1.29 is 66.5 Å². The molecule has 3 fully saturated rings. The van der Waals surface area contributed by atoms with Gasteiger partial charge in [-0.25, -0.2) is 0 Å². The summed E-state index contributed by atoms with van der Waals surface area (Å²) in [5.41, 5.74) is 1.03. The number of ether oxygens (including phenoxy) is 10. The molecule has 0 aromatic heterocycles. The SMILES string of the molecule is CC(=O)O[C@@H]1[C@@H](O[C@@H]2O[C@H](COC(c3ccccc3)(c3ccccc3)c3ccccc3)[C@@H](OC(C)=O)[C@H](OC(C)=O)[C@H]2OC(C)=O)[C@H](C)O[C@@H]2OC(C)(C#N)O[C@@H]21. The van der Waals surface area contributed by atoms with Gasteiger partial charge in [0.25, 0.3) is 5.79 Å². The van der Waals surface area contributed by atoms with Crippen molar-refractivity contribution in [3.63, 3.8) is 0 Å². The van der Waals surface area contributed by atoms with Gasteiger partial charge in [-0.05, 0) is 23.6 Å². The van der Waals surface area contributed by atoms with Crippen molar-refractivity contribution >= 4 is 23.9 Å². The van der Waals surface area contributed by atoms with Gasteiger partial charge in [0.15, 0.2) is 43.1 Å². The Balaban J connectivity index is 1.44.